The van der Waals surface area contributed by atoms with Gasteiger partial charge >= 0.3 is 0 Å². The minimum atomic E-state index is 0.168. The number of rotatable bonds is 3. The molecule has 0 aliphatic heterocycles. The molecule has 2 aromatic rings. The van der Waals surface area contributed by atoms with Crippen LogP contribution >= 0.6 is 23.2 Å². The second-order valence-corrected chi connectivity index (χ2v) is 4.99. The van der Waals surface area contributed by atoms with Gasteiger partial charge in [0.2, 0.25) is 5.28 Å². The lowest BCUT2D eigenvalue weighted by molar-refractivity contribution is 0.867. The normalized spacial score (nSPS) is 10.7. The van der Waals surface area contributed by atoms with Gasteiger partial charge in [-0.25, -0.2) is 4.98 Å². The molecule has 0 bridgehead atoms. The minimum absolute atomic E-state index is 0.168. The molecular weight excluding hydrogens is 269 g/mol. The predicted octanol–water partition coefficient (Wildman–Crippen LogP) is 4.65. The van der Waals surface area contributed by atoms with E-state index in [4.69, 9.17) is 23.2 Å². The fourth-order valence-electron chi connectivity index (χ4n) is 1.55. The molecule has 0 saturated carbocycles. The first kappa shape index (κ1) is 13.1. The lowest BCUT2D eigenvalue weighted by atomic mass is 10.0. The van der Waals surface area contributed by atoms with Crippen LogP contribution in [0.15, 0.2) is 30.5 Å². The van der Waals surface area contributed by atoms with Gasteiger partial charge in [-0.15, -0.1) is 0 Å². The Balaban J connectivity index is 2.28. The van der Waals surface area contributed by atoms with Crippen molar-refractivity contribution in [3.8, 4) is 0 Å². The number of aromatic nitrogens is 2. The number of halogens is 2. The van der Waals surface area contributed by atoms with Gasteiger partial charge in [0.05, 0.1) is 6.20 Å². The van der Waals surface area contributed by atoms with Crippen LogP contribution < -0.4 is 5.32 Å². The Morgan fingerprint density at radius 2 is 2.00 bits per heavy atom. The van der Waals surface area contributed by atoms with Gasteiger partial charge < -0.3 is 5.32 Å². The molecular formula is C13H13Cl2N3. The van der Waals surface area contributed by atoms with Crippen LogP contribution in [-0.2, 0) is 0 Å². The Morgan fingerprint density at radius 1 is 1.22 bits per heavy atom. The fraction of sp³-hybridized carbons (Fsp3) is 0.231. The molecule has 0 radical (unpaired) electrons. The summed E-state index contributed by atoms with van der Waals surface area (Å²) in [5, 5.41) is 3.75. The molecule has 0 saturated heterocycles. The summed E-state index contributed by atoms with van der Waals surface area (Å²) < 4.78 is 0. The van der Waals surface area contributed by atoms with Crippen molar-refractivity contribution in [1.82, 2.24) is 9.97 Å². The van der Waals surface area contributed by atoms with Crippen molar-refractivity contribution < 1.29 is 0 Å². The molecule has 94 valence electrons. The summed E-state index contributed by atoms with van der Waals surface area (Å²) >= 11 is 11.7. The molecule has 18 heavy (non-hydrogen) atoms. The SMILES string of the molecule is CC(C)c1cccc(Nc2nc(Cl)ncc2Cl)c1. The first-order valence-electron chi connectivity index (χ1n) is 5.61. The highest BCUT2D eigenvalue weighted by molar-refractivity contribution is 6.33. The highest BCUT2D eigenvalue weighted by atomic mass is 35.5. The quantitative estimate of drug-likeness (QED) is 0.832. The van der Waals surface area contributed by atoms with E-state index in [0.29, 0.717) is 16.8 Å². The zero-order valence-electron chi connectivity index (χ0n) is 10.1. The highest BCUT2D eigenvalue weighted by Crippen LogP contribution is 2.25. The lowest BCUT2D eigenvalue weighted by Gasteiger charge is -2.10. The number of benzene rings is 1. The Kier molecular flexibility index (Phi) is 4.04. The van der Waals surface area contributed by atoms with Crippen molar-refractivity contribution in [2.45, 2.75) is 19.8 Å². The fourth-order valence-corrected chi connectivity index (χ4v) is 1.82. The molecule has 0 spiro atoms. The molecule has 1 aromatic carbocycles. The average Bonchev–Trinajstić information content (AvgIpc) is 2.34. The molecule has 2 rings (SSSR count). The number of hydrogen-bond acceptors (Lipinski definition) is 3. The van der Waals surface area contributed by atoms with Crippen molar-refractivity contribution in [1.29, 1.82) is 0 Å². The molecule has 0 fully saturated rings. The summed E-state index contributed by atoms with van der Waals surface area (Å²) in [5.74, 6) is 0.980. The number of nitrogens with one attached hydrogen (secondary N) is 1. The van der Waals surface area contributed by atoms with Crippen molar-refractivity contribution in [2.75, 3.05) is 5.32 Å². The largest absolute Gasteiger partial charge is 0.339 e. The predicted molar refractivity (Wildman–Crippen MR) is 75.9 cm³/mol. The van der Waals surface area contributed by atoms with E-state index in [0.717, 1.165) is 5.69 Å². The summed E-state index contributed by atoms with van der Waals surface area (Å²) in [7, 11) is 0. The van der Waals surface area contributed by atoms with Gasteiger partial charge in [-0.1, -0.05) is 37.6 Å². The summed E-state index contributed by atoms with van der Waals surface area (Å²) in [6.07, 6.45) is 1.48. The number of nitrogens with zero attached hydrogens (tertiary/aromatic N) is 2. The first-order chi connectivity index (χ1) is 8.56. The van der Waals surface area contributed by atoms with Crippen molar-refractivity contribution in [2.24, 2.45) is 0 Å². The molecule has 1 N–H and O–H groups in total. The third-order valence-corrected chi connectivity index (χ3v) is 2.99. The van der Waals surface area contributed by atoms with E-state index in [1.807, 2.05) is 12.1 Å². The van der Waals surface area contributed by atoms with Crippen molar-refractivity contribution in [3.63, 3.8) is 0 Å². The second kappa shape index (κ2) is 5.55. The van der Waals surface area contributed by atoms with Crippen LogP contribution in [0.2, 0.25) is 10.3 Å². The lowest BCUT2D eigenvalue weighted by Crippen LogP contribution is -1.97. The third kappa shape index (κ3) is 3.12. The van der Waals surface area contributed by atoms with Gasteiger partial charge in [0.1, 0.15) is 5.02 Å². The zero-order valence-corrected chi connectivity index (χ0v) is 11.6. The van der Waals surface area contributed by atoms with Gasteiger partial charge in [-0.3, -0.25) is 0 Å². The van der Waals surface area contributed by atoms with Crippen LogP contribution in [-0.4, -0.2) is 9.97 Å². The van der Waals surface area contributed by atoms with E-state index in [1.54, 1.807) is 0 Å². The monoisotopic (exact) mass is 281 g/mol. The highest BCUT2D eigenvalue weighted by Gasteiger charge is 2.06. The van der Waals surface area contributed by atoms with Crippen molar-refractivity contribution in [3.05, 3.63) is 46.3 Å². The Labute approximate surface area is 116 Å². The topological polar surface area (TPSA) is 37.8 Å². The third-order valence-electron chi connectivity index (χ3n) is 2.53. The van der Waals surface area contributed by atoms with E-state index in [2.05, 4.69) is 41.3 Å². The van der Waals surface area contributed by atoms with Gasteiger partial charge in [-0.2, -0.15) is 4.98 Å². The Hall–Kier alpha value is -1.32. The summed E-state index contributed by atoms with van der Waals surface area (Å²) in [6, 6.07) is 8.11. The molecule has 0 atom stereocenters. The molecule has 0 aliphatic carbocycles. The van der Waals surface area contributed by atoms with E-state index in [-0.39, 0.29) is 5.28 Å². The minimum Gasteiger partial charge on any atom is -0.339 e. The maximum Gasteiger partial charge on any atom is 0.224 e. The molecule has 1 heterocycles. The second-order valence-electron chi connectivity index (χ2n) is 4.24. The van der Waals surface area contributed by atoms with E-state index in [1.165, 1.54) is 11.8 Å². The average molecular weight is 282 g/mol. The molecule has 3 nitrogen and oxygen atoms in total. The van der Waals surface area contributed by atoms with Crippen LogP contribution in [0.4, 0.5) is 11.5 Å². The summed E-state index contributed by atoms with van der Waals surface area (Å²) in [6.45, 7) is 4.29. The van der Waals surface area contributed by atoms with Gasteiger partial charge in [0.15, 0.2) is 5.82 Å². The van der Waals surface area contributed by atoms with Gasteiger partial charge in [-0.05, 0) is 35.2 Å². The Bertz CT molecular complexity index is 556. The summed E-state index contributed by atoms with van der Waals surface area (Å²) in [4.78, 5) is 7.86. The molecule has 0 amide bonds. The van der Waals surface area contributed by atoms with Crippen LogP contribution in [0.5, 0.6) is 0 Å². The van der Waals surface area contributed by atoms with Crippen LogP contribution in [0.25, 0.3) is 0 Å². The molecule has 0 aliphatic rings. The van der Waals surface area contributed by atoms with Crippen molar-refractivity contribution >= 4 is 34.7 Å². The maximum atomic E-state index is 6.00. The van der Waals surface area contributed by atoms with Crippen LogP contribution in [0.1, 0.15) is 25.3 Å². The van der Waals surface area contributed by atoms with E-state index < -0.39 is 0 Å². The smallest absolute Gasteiger partial charge is 0.224 e. The van der Waals surface area contributed by atoms with Crippen LogP contribution in [0.3, 0.4) is 0 Å². The summed E-state index contributed by atoms with van der Waals surface area (Å²) in [5.41, 5.74) is 2.18. The van der Waals surface area contributed by atoms with E-state index in [9.17, 15) is 0 Å². The maximum absolute atomic E-state index is 6.00. The van der Waals surface area contributed by atoms with Crippen LogP contribution in [0, 0.1) is 0 Å². The number of hydrogen-bond donors (Lipinski definition) is 1. The number of anilines is 2. The molecule has 0 unspecified atom stereocenters. The molecule has 1 aromatic heterocycles. The molecule has 5 heteroatoms. The Morgan fingerprint density at radius 3 is 2.72 bits per heavy atom. The first-order valence-corrected chi connectivity index (χ1v) is 6.37. The van der Waals surface area contributed by atoms with E-state index >= 15 is 0 Å². The van der Waals surface area contributed by atoms with Gasteiger partial charge in [0.25, 0.3) is 0 Å². The standard InChI is InChI=1S/C13H13Cl2N3/c1-8(2)9-4-3-5-10(6-9)17-12-11(14)7-16-13(15)18-12/h3-8H,1-2H3,(H,16,17,18). The zero-order chi connectivity index (χ0) is 13.1. The van der Waals surface area contributed by atoms with Gasteiger partial charge in [0, 0.05) is 5.69 Å².